The number of phosphoric acid groups is 1. The zero-order chi connectivity index (χ0) is 16.5. The lowest BCUT2D eigenvalue weighted by atomic mass is 10.1. The molecule has 1 fully saturated rings. The van der Waals surface area contributed by atoms with Crippen molar-refractivity contribution >= 4 is 13.7 Å². The number of rotatable bonds is 5. The van der Waals surface area contributed by atoms with Crippen LogP contribution in [0.2, 0.25) is 0 Å². The van der Waals surface area contributed by atoms with Gasteiger partial charge in [-0.05, 0) is 6.07 Å². The van der Waals surface area contributed by atoms with Crippen molar-refractivity contribution in [3.05, 3.63) is 30.1 Å². The van der Waals surface area contributed by atoms with E-state index in [-0.39, 0.29) is 5.56 Å². The van der Waals surface area contributed by atoms with Crippen LogP contribution in [0.15, 0.2) is 24.5 Å². The molecule has 1 amide bonds. The number of aliphatic hydroxyl groups is 2. The van der Waals surface area contributed by atoms with E-state index in [2.05, 4.69) is 4.52 Å². The van der Waals surface area contributed by atoms with Gasteiger partial charge in [0.25, 0.3) is 12.1 Å². The number of ether oxygens (including phenoxy) is 1. The molecular formula is C11H16N2O8P+. The average Bonchev–Trinajstić information content (AvgIpc) is 2.72. The van der Waals surface area contributed by atoms with E-state index in [4.69, 9.17) is 20.3 Å². The maximum absolute atomic E-state index is 11.1. The van der Waals surface area contributed by atoms with Crippen LogP contribution in [0.1, 0.15) is 16.6 Å². The van der Waals surface area contributed by atoms with Crippen LogP contribution >= 0.6 is 7.82 Å². The summed E-state index contributed by atoms with van der Waals surface area (Å²) >= 11 is 0. The summed E-state index contributed by atoms with van der Waals surface area (Å²) in [6.45, 7) is -0.602. The summed E-state index contributed by atoms with van der Waals surface area (Å²) in [5.74, 6) is -0.677. The molecule has 1 aromatic heterocycles. The van der Waals surface area contributed by atoms with Gasteiger partial charge in [-0.3, -0.25) is 9.32 Å². The molecule has 0 saturated carbocycles. The Morgan fingerprint density at radius 3 is 2.68 bits per heavy atom. The number of pyridine rings is 1. The van der Waals surface area contributed by atoms with Crippen molar-refractivity contribution in [1.82, 2.24) is 0 Å². The zero-order valence-corrected chi connectivity index (χ0v) is 12.1. The Bertz CT molecular complexity index is 606. The van der Waals surface area contributed by atoms with E-state index in [1.807, 2.05) is 0 Å². The zero-order valence-electron chi connectivity index (χ0n) is 11.2. The third kappa shape index (κ3) is 3.87. The van der Waals surface area contributed by atoms with Crippen molar-refractivity contribution < 1.29 is 43.2 Å². The van der Waals surface area contributed by atoms with Crippen LogP contribution < -0.4 is 10.3 Å². The third-order valence-corrected chi connectivity index (χ3v) is 3.63. The molecule has 6 N–H and O–H groups in total. The molecule has 2 heterocycles. The van der Waals surface area contributed by atoms with Gasteiger partial charge in [0.1, 0.15) is 17.8 Å². The number of hydrogen-bond donors (Lipinski definition) is 5. The van der Waals surface area contributed by atoms with Crippen molar-refractivity contribution in [2.45, 2.75) is 24.5 Å². The lowest BCUT2D eigenvalue weighted by Gasteiger charge is -2.13. The SMILES string of the molecule is NC(=O)c1ccc[n+]([C@@H]2O[C@H](COP(=O)(O)O)[C@H](O)[C@@H]2O)c1. The first kappa shape index (κ1) is 17.0. The summed E-state index contributed by atoms with van der Waals surface area (Å²) in [6, 6.07) is 2.97. The van der Waals surface area contributed by atoms with Gasteiger partial charge < -0.3 is 30.5 Å². The van der Waals surface area contributed by atoms with Crippen molar-refractivity contribution in [1.29, 1.82) is 0 Å². The number of nitrogens with two attached hydrogens (primary N) is 1. The van der Waals surface area contributed by atoms with Gasteiger partial charge >= 0.3 is 7.82 Å². The van der Waals surface area contributed by atoms with E-state index in [0.29, 0.717) is 0 Å². The van der Waals surface area contributed by atoms with E-state index in [0.717, 1.165) is 0 Å². The fourth-order valence-electron chi connectivity index (χ4n) is 2.08. The molecule has 1 aliphatic rings. The normalized spacial score (nSPS) is 28.7. The van der Waals surface area contributed by atoms with Crippen LogP contribution in [0, 0.1) is 0 Å². The van der Waals surface area contributed by atoms with Crippen LogP contribution in [0.4, 0.5) is 0 Å². The van der Waals surface area contributed by atoms with E-state index >= 15 is 0 Å². The molecule has 0 aromatic carbocycles. The Kier molecular flexibility index (Phi) is 4.93. The first-order chi connectivity index (χ1) is 10.2. The molecular weight excluding hydrogens is 319 g/mol. The summed E-state index contributed by atoms with van der Waals surface area (Å²) < 4.78 is 21.6. The van der Waals surface area contributed by atoms with Crippen LogP contribution in [-0.4, -0.2) is 50.8 Å². The number of carbonyl (C=O) groups excluding carboxylic acids is 1. The summed E-state index contributed by atoms with van der Waals surface area (Å²) in [6.07, 6.45) is -2.18. The van der Waals surface area contributed by atoms with Gasteiger partial charge in [-0.15, -0.1) is 0 Å². The van der Waals surface area contributed by atoms with E-state index in [1.54, 1.807) is 0 Å². The fourth-order valence-corrected chi connectivity index (χ4v) is 2.42. The first-order valence-electron chi connectivity index (χ1n) is 6.21. The van der Waals surface area contributed by atoms with Gasteiger partial charge in [-0.1, -0.05) is 0 Å². The standard InChI is InChI=1S/C11H15N2O8P/c12-10(16)6-2-1-3-13(4-6)11-9(15)8(14)7(21-11)5-20-22(17,18)19/h1-4,7-9,11,14-15H,5H2,(H3-,12,16,17,18,19)/p+1/t7-,8+,9+,11-/m1/s1. The number of hydrogen-bond acceptors (Lipinski definition) is 6. The molecule has 0 radical (unpaired) electrons. The average molecular weight is 335 g/mol. The lowest BCUT2D eigenvalue weighted by molar-refractivity contribution is -0.765. The van der Waals surface area contributed by atoms with Crippen LogP contribution in [0.3, 0.4) is 0 Å². The predicted molar refractivity (Wildman–Crippen MR) is 69.1 cm³/mol. The largest absolute Gasteiger partial charge is 0.469 e. The predicted octanol–water partition coefficient (Wildman–Crippen LogP) is -2.20. The molecule has 122 valence electrons. The highest BCUT2D eigenvalue weighted by molar-refractivity contribution is 7.46. The molecule has 1 aromatic rings. The minimum atomic E-state index is -4.72. The minimum absolute atomic E-state index is 0.169. The summed E-state index contributed by atoms with van der Waals surface area (Å²) in [4.78, 5) is 28.4. The molecule has 0 aliphatic carbocycles. The number of aliphatic hydroxyl groups excluding tert-OH is 2. The maximum atomic E-state index is 11.1. The summed E-state index contributed by atoms with van der Waals surface area (Å²) in [7, 11) is -4.72. The molecule has 0 spiro atoms. The summed E-state index contributed by atoms with van der Waals surface area (Å²) in [5.41, 5.74) is 5.32. The lowest BCUT2D eigenvalue weighted by Crippen LogP contribution is -2.46. The number of primary amides is 1. The van der Waals surface area contributed by atoms with Crippen molar-refractivity contribution in [3.63, 3.8) is 0 Å². The molecule has 10 nitrogen and oxygen atoms in total. The Hall–Kier alpha value is -1.39. The highest BCUT2D eigenvalue weighted by atomic mass is 31.2. The monoisotopic (exact) mass is 335 g/mol. The Balaban J connectivity index is 2.14. The molecule has 1 aliphatic heterocycles. The fraction of sp³-hybridized carbons (Fsp3) is 0.455. The number of amides is 1. The second kappa shape index (κ2) is 6.39. The number of phosphoric ester groups is 1. The second-order valence-corrected chi connectivity index (χ2v) is 5.98. The topological polar surface area (TPSA) is 163 Å². The van der Waals surface area contributed by atoms with Crippen LogP contribution in [0.25, 0.3) is 0 Å². The van der Waals surface area contributed by atoms with Gasteiger partial charge in [0.05, 0.1) is 6.61 Å². The van der Waals surface area contributed by atoms with E-state index in [1.165, 1.54) is 29.1 Å². The van der Waals surface area contributed by atoms with Gasteiger partial charge in [-0.25, -0.2) is 4.57 Å². The van der Waals surface area contributed by atoms with Crippen molar-refractivity contribution in [2.75, 3.05) is 6.61 Å². The molecule has 11 heteroatoms. The van der Waals surface area contributed by atoms with Gasteiger partial charge in [-0.2, -0.15) is 4.57 Å². The summed E-state index contributed by atoms with van der Waals surface area (Å²) in [5, 5.41) is 19.8. The molecule has 0 bridgehead atoms. The van der Waals surface area contributed by atoms with Crippen LogP contribution in [-0.2, 0) is 13.8 Å². The Labute approximate surface area is 124 Å². The maximum Gasteiger partial charge on any atom is 0.469 e. The molecule has 4 atom stereocenters. The molecule has 22 heavy (non-hydrogen) atoms. The van der Waals surface area contributed by atoms with E-state index < -0.39 is 44.9 Å². The van der Waals surface area contributed by atoms with Crippen LogP contribution in [0.5, 0.6) is 0 Å². The quantitative estimate of drug-likeness (QED) is 0.299. The van der Waals surface area contributed by atoms with Crippen molar-refractivity contribution in [2.24, 2.45) is 5.73 Å². The smallest absolute Gasteiger partial charge is 0.387 e. The minimum Gasteiger partial charge on any atom is -0.387 e. The molecule has 0 unspecified atom stereocenters. The second-order valence-electron chi connectivity index (χ2n) is 4.74. The first-order valence-corrected chi connectivity index (χ1v) is 7.74. The number of aromatic nitrogens is 1. The Morgan fingerprint density at radius 2 is 2.09 bits per heavy atom. The number of nitrogens with zero attached hydrogens (tertiary/aromatic N) is 1. The molecule has 2 rings (SSSR count). The van der Waals surface area contributed by atoms with Gasteiger partial charge in [0.15, 0.2) is 18.5 Å². The van der Waals surface area contributed by atoms with Gasteiger partial charge in [0.2, 0.25) is 0 Å². The highest BCUT2D eigenvalue weighted by Gasteiger charge is 2.48. The number of carbonyl (C=O) groups is 1. The van der Waals surface area contributed by atoms with Gasteiger partial charge in [0, 0.05) is 6.07 Å². The molecule has 1 saturated heterocycles. The highest BCUT2D eigenvalue weighted by Crippen LogP contribution is 2.37. The van der Waals surface area contributed by atoms with Crippen molar-refractivity contribution in [3.8, 4) is 0 Å². The van der Waals surface area contributed by atoms with E-state index in [9.17, 15) is 19.6 Å². The third-order valence-electron chi connectivity index (χ3n) is 3.14. The Morgan fingerprint density at radius 1 is 1.41 bits per heavy atom.